The molecule has 2 N–H and O–H groups in total. The lowest BCUT2D eigenvalue weighted by Crippen LogP contribution is -2.38. The minimum absolute atomic E-state index is 0.0186. The third-order valence-corrected chi connectivity index (χ3v) is 4.48. The summed E-state index contributed by atoms with van der Waals surface area (Å²) in [6.07, 6.45) is 3.02. The van der Waals surface area contributed by atoms with Crippen molar-refractivity contribution < 1.29 is 13.7 Å². The molecule has 0 bridgehead atoms. The summed E-state index contributed by atoms with van der Waals surface area (Å²) in [7, 11) is 0. The first-order chi connectivity index (χ1) is 11.0. The molecule has 3 rings (SSSR count). The maximum Gasteiger partial charge on any atom is 0.289 e. The van der Waals surface area contributed by atoms with E-state index in [2.05, 4.69) is 17.4 Å². The SMILES string of the molecule is C[C@@](CNC(=O)c1cc(=O)[nH]o1)(Cc1ccc(F)cc1)C1CC1. The van der Waals surface area contributed by atoms with Crippen LogP contribution in [0.5, 0.6) is 0 Å². The van der Waals surface area contributed by atoms with Crippen LogP contribution in [0.4, 0.5) is 4.39 Å². The fourth-order valence-corrected chi connectivity index (χ4v) is 2.96. The maximum absolute atomic E-state index is 13.0. The normalized spacial score (nSPS) is 16.8. The van der Waals surface area contributed by atoms with Gasteiger partial charge in [-0.1, -0.05) is 19.1 Å². The van der Waals surface area contributed by atoms with Gasteiger partial charge in [0.2, 0.25) is 5.76 Å². The fraction of sp³-hybridized carbons (Fsp3) is 0.412. The van der Waals surface area contributed by atoms with Crippen molar-refractivity contribution in [2.24, 2.45) is 11.3 Å². The molecule has 1 aromatic carbocycles. The van der Waals surface area contributed by atoms with E-state index in [4.69, 9.17) is 4.52 Å². The van der Waals surface area contributed by atoms with Crippen molar-refractivity contribution in [3.05, 3.63) is 57.8 Å². The molecular weight excluding hydrogens is 299 g/mol. The summed E-state index contributed by atoms with van der Waals surface area (Å²) in [5.41, 5.74) is 0.499. The van der Waals surface area contributed by atoms with Crippen molar-refractivity contribution in [1.82, 2.24) is 10.5 Å². The van der Waals surface area contributed by atoms with Crippen LogP contribution in [0, 0.1) is 17.2 Å². The Morgan fingerprint density at radius 2 is 2.09 bits per heavy atom. The zero-order chi connectivity index (χ0) is 16.4. The van der Waals surface area contributed by atoms with Crippen LogP contribution < -0.4 is 10.9 Å². The fourth-order valence-electron chi connectivity index (χ4n) is 2.96. The van der Waals surface area contributed by atoms with Gasteiger partial charge in [0.25, 0.3) is 11.5 Å². The molecular formula is C17H19FN2O3. The third kappa shape index (κ3) is 3.70. The van der Waals surface area contributed by atoms with Gasteiger partial charge in [0, 0.05) is 6.54 Å². The van der Waals surface area contributed by atoms with E-state index in [0.29, 0.717) is 12.5 Å². The van der Waals surface area contributed by atoms with E-state index >= 15 is 0 Å². The molecule has 122 valence electrons. The molecule has 23 heavy (non-hydrogen) atoms. The van der Waals surface area contributed by atoms with Crippen molar-refractivity contribution in [3.63, 3.8) is 0 Å². The zero-order valence-electron chi connectivity index (χ0n) is 12.9. The predicted molar refractivity (Wildman–Crippen MR) is 82.6 cm³/mol. The standard InChI is InChI=1S/C17H19FN2O3/c1-17(12-4-5-12,9-11-2-6-13(18)7-3-11)10-19-16(22)14-8-15(21)20-23-14/h2-3,6-8,12H,4-5,9-10H2,1H3,(H,19,22)(H,20,21)/t17-/m0/s1. The van der Waals surface area contributed by atoms with Crippen LogP contribution in [0.1, 0.15) is 35.9 Å². The highest BCUT2D eigenvalue weighted by Crippen LogP contribution is 2.47. The molecule has 5 nitrogen and oxygen atoms in total. The second-order valence-electron chi connectivity index (χ2n) is 6.49. The highest BCUT2D eigenvalue weighted by atomic mass is 19.1. The Morgan fingerprint density at radius 1 is 1.39 bits per heavy atom. The second kappa shape index (κ2) is 6.02. The first kappa shape index (κ1) is 15.5. The Bertz CT molecular complexity index is 746. The smallest absolute Gasteiger partial charge is 0.289 e. The number of H-pyrrole nitrogens is 1. The minimum Gasteiger partial charge on any atom is -0.373 e. The molecule has 1 aromatic heterocycles. The molecule has 0 aliphatic heterocycles. The van der Waals surface area contributed by atoms with Crippen molar-refractivity contribution >= 4 is 5.91 Å². The number of hydrogen-bond acceptors (Lipinski definition) is 3. The van der Waals surface area contributed by atoms with E-state index in [1.807, 2.05) is 0 Å². The number of amides is 1. The van der Waals surface area contributed by atoms with E-state index in [9.17, 15) is 14.0 Å². The van der Waals surface area contributed by atoms with Gasteiger partial charge in [0.1, 0.15) is 5.82 Å². The molecule has 1 atom stereocenters. The van der Waals surface area contributed by atoms with Crippen molar-refractivity contribution in [2.75, 3.05) is 6.54 Å². The van der Waals surface area contributed by atoms with Gasteiger partial charge >= 0.3 is 0 Å². The molecule has 1 amide bonds. The Morgan fingerprint density at radius 3 is 2.65 bits per heavy atom. The molecule has 0 radical (unpaired) electrons. The highest BCUT2D eigenvalue weighted by molar-refractivity contribution is 5.91. The number of rotatable bonds is 6. The van der Waals surface area contributed by atoms with E-state index in [1.54, 1.807) is 12.1 Å². The molecule has 1 aliphatic rings. The average Bonchev–Trinajstić information content (AvgIpc) is 3.30. The number of nitrogens with one attached hydrogen (secondary N) is 2. The number of halogens is 1. The zero-order valence-corrected chi connectivity index (χ0v) is 12.9. The van der Waals surface area contributed by atoms with Gasteiger partial charge in [0.15, 0.2) is 0 Å². The van der Waals surface area contributed by atoms with Crippen molar-refractivity contribution in [2.45, 2.75) is 26.2 Å². The number of benzene rings is 1. The molecule has 1 saturated carbocycles. The van der Waals surface area contributed by atoms with Gasteiger partial charge in [0.05, 0.1) is 6.07 Å². The molecule has 0 unspecified atom stereocenters. The summed E-state index contributed by atoms with van der Waals surface area (Å²) in [6.45, 7) is 2.60. The van der Waals surface area contributed by atoms with Crippen LogP contribution in [0.3, 0.4) is 0 Å². The maximum atomic E-state index is 13.0. The number of aromatic nitrogens is 1. The van der Waals surface area contributed by atoms with Crippen LogP contribution in [0.15, 0.2) is 39.6 Å². The lowest BCUT2D eigenvalue weighted by atomic mass is 9.79. The van der Waals surface area contributed by atoms with E-state index in [0.717, 1.165) is 30.9 Å². The number of carbonyl (C=O) groups is 1. The Hall–Kier alpha value is -2.37. The Labute approximate surface area is 132 Å². The third-order valence-electron chi connectivity index (χ3n) is 4.48. The van der Waals surface area contributed by atoms with Gasteiger partial charge in [-0.05, 0) is 48.3 Å². The molecule has 0 spiro atoms. The van der Waals surface area contributed by atoms with E-state index < -0.39 is 11.5 Å². The first-order valence-corrected chi connectivity index (χ1v) is 7.67. The van der Waals surface area contributed by atoms with Gasteiger partial charge in [-0.25, -0.2) is 4.39 Å². The summed E-state index contributed by atoms with van der Waals surface area (Å²) in [5.74, 6) is -0.145. The van der Waals surface area contributed by atoms with Crippen LogP contribution in [-0.2, 0) is 6.42 Å². The van der Waals surface area contributed by atoms with Crippen LogP contribution in [0.2, 0.25) is 0 Å². The van der Waals surface area contributed by atoms with Crippen LogP contribution in [-0.4, -0.2) is 17.6 Å². The summed E-state index contributed by atoms with van der Waals surface area (Å²) in [4.78, 5) is 23.1. The van der Waals surface area contributed by atoms with E-state index in [1.165, 1.54) is 12.1 Å². The lowest BCUT2D eigenvalue weighted by Gasteiger charge is -2.30. The van der Waals surface area contributed by atoms with Gasteiger partial charge < -0.3 is 9.84 Å². The minimum atomic E-state index is -0.439. The molecule has 2 aromatic rings. The predicted octanol–water partition coefficient (Wildman–Crippen LogP) is 2.50. The van der Waals surface area contributed by atoms with Crippen LogP contribution in [0.25, 0.3) is 0 Å². The Balaban J connectivity index is 1.67. The van der Waals surface area contributed by atoms with E-state index in [-0.39, 0.29) is 17.0 Å². The molecule has 6 heteroatoms. The monoisotopic (exact) mass is 318 g/mol. The highest BCUT2D eigenvalue weighted by Gasteiger charge is 2.41. The van der Waals surface area contributed by atoms with Crippen molar-refractivity contribution in [1.29, 1.82) is 0 Å². The number of hydrogen-bond donors (Lipinski definition) is 2. The van der Waals surface area contributed by atoms with Gasteiger partial charge in [-0.15, -0.1) is 0 Å². The molecule has 1 aliphatic carbocycles. The Kier molecular flexibility index (Phi) is 4.07. The number of aromatic amines is 1. The number of carbonyl (C=O) groups excluding carboxylic acids is 1. The first-order valence-electron chi connectivity index (χ1n) is 7.67. The second-order valence-corrected chi connectivity index (χ2v) is 6.49. The average molecular weight is 318 g/mol. The quantitative estimate of drug-likeness (QED) is 0.859. The largest absolute Gasteiger partial charge is 0.373 e. The van der Waals surface area contributed by atoms with Gasteiger partial charge in [-0.2, -0.15) is 5.16 Å². The summed E-state index contributed by atoms with van der Waals surface area (Å²) in [5, 5.41) is 4.94. The summed E-state index contributed by atoms with van der Waals surface area (Å²) < 4.78 is 17.8. The topological polar surface area (TPSA) is 75.1 Å². The summed E-state index contributed by atoms with van der Waals surface area (Å²) >= 11 is 0. The van der Waals surface area contributed by atoms with Gasteiger partial charge in [-0.3, -0.25) is 9.59 Å². The molecule has 1 heterocycles. The van der Waals surface area contributed by atoms with Crippen LogP contribution >= 0.6 is 0 Å². The summed E-state index contributed by atoms with van der Waals surface area (Å²) in [6, 6.07) is 7.60. The van der Waals surface area contributed by atoms with Crippen molar-refractivity contribution in [3.8, 4) is 0 Å². The molecule has 0 saturated heterocycles. The lowest BCUT2D eigenvalue weighted by molar-refractivity contribution is 0.0889. The molecule has 1 fully saturated rings.